The Morgan fingerprint density at radius 1 is 0.967 bits per heavy atom. The molecular weight excluding hydrogens is 526 g/mol. The van der Waals surface area contributed by atoms with Crippen molar-refractivity contribution in [2.75, 3.05) is 0 Å². The molecule has 0 aliphatic carbocycles. The lowest BCUT2D eigenvalue weighted by Gasteiger charge is -2.09. The molecule has 2 aromatic carbocycles. The molecule has 1 aromatic heterocycles. The van der Waals surface area contributed by atoms with Crippen LogP contribution in [-0.4, -0.2) is 15.6 Å². The van der Waals surface area contributed by atoms with E-state index in [1.165, 1.54) is 17.3 Å². The minimum atomic E-state index is -0.133. The fourth-order valence-corrected chi connectivity index (χ4v) is 4.98. The largest absolute Gasteiger partial charge is 0.317 e. The first-order valence-corrected chi connectivity index (χ1v) is 11.7. The summed E-state index contributed by atoms with van der Waals surface area (Å²) >= 11 is 8.56. The summed E-state index contributed by atoms with van der Waals surface area (Å²) in [5.74, 6) is -0.133. The lowest BCUT2D eigenvalue weighted by molar-refractivity contribution is -0.115. The molecular formula is C23H19Br2N3OS. The highest BCUT2D eigenvalue weighted by atomic mass is 79.9. The Labute approximate surface area is 196 Å². The second-order valence-electron chi connectivity index (χ2n) is 7.03. The van der Waals surface area contributed by atoms with Gasteiger partial charge in [-0.2, -0.15) is 0 Å². The summed E-state index contributed by atoms with van der Waals surface area (Å²) in [4.78, 5) is 17.7. The number of carbonyl (C=O) groups is 1. The van der Waals surface area contributed by atoms with Gasteiger partial charge in [-0.1, -0.05) is 33.6 Å². The van der Waals surface area contributed by atoms with E-state index in [4.69, 9.17) is 0 Å². The number of rotatable bonds is 3. The zero-order valence-electron chi connectivity index (χ0n) is 16.7. The zero-order valence-corrected chi connectivity index (χ0v) is 20.7. The van der Waals surface area contributed by atoms with Gasteiger partial charge in [-0.05, 0) is 90.9 Å². The van der Waals surface area contributed by atoms with Crippen molar-refractivity contribution in [2.45, 2.75) is 20.8 Å². The van der Waals surface area contributed by atoms with Crippen molar-refractivity contribution in [3.63, 3.8) is 0 Å². The van der Waals surface area contributed by atoms with E-state index in [9.17, 15) is 4.79 Å². The number of halogens is 2. The molecule has 1 amide bonds. The third kappa shape index (κ3) is 4.19. The molecule has 1 fully saturated rings. The van der Waals surface area contributed by atoms with Crippen molar-refractivity contribution < 1.29 is 4.79 Å². The summed E-state index contributed by atoms with van der Waals surface area (Å²) in [6.45, 7) is 6.16. The van der Waals surface area contributed by atoms with Gasteiger partial charge in [-0.25, -0.2) is 4.99 Å². The van der Waals surface area contributed by atoms with Crippen LogP contribution >= 0.6 is 43.6 Å². The number of hydrogen-bond acceptors (Lipinski definition) is 3. The van der Waals surface area contributed by atoms with Crippen molar-refractivity contribution in [1.82, 2.24) is 9.88 Å². The van der Waals surface area contributed by atoms with Crippen LogP contribution in [0.2, 0.25) is 0 Å². The number of aryl methyl sites for hydroxylation is 1. The number of aliphatic imine (C=N–C) groups is 1. The maximum absolute atomic E-state index is 12.5. The van der Waals surface area contributed by atoms with E-state index in [0.717, 1.165) is 37.3 Å². The highest BCUT2D eigenvalue weighted by Crippen LogP contribution is 2.35. The molecule has 3 aromatic rings. The van der Waals surface area contributed by atoms with Crippen LogP contribution in [0.25, 0.3) is 11.8 Å². The number of amidine groups is 1. The molecule has 30 heavy (non-hydrogen) atoms. The van der Waals surface area contributed by atoms with Gasteiger partial charge in [-0.15, -0.1) is 0 Å². The highest BCUT2D eigenvalue weighted by molar-refractivity contribution is 9.10. The SMILES string of the molecule is Cc1ccc(N=C2NC(=O)/C(=C/c3c(Br)c(C)n(-c4ccc(Br)cc4)c3C)S2)cc1. The van der Waals surface area contributed by atoms with Crippen molar-refractivity contribution >= 4 is 66.5 Å². The molecule has 4 rings (SSSR count). The van der Waals surface area contributed by atoms with Crippen molar-refractivity contribution in [3.8, 4) is 5.69 Å². The minimum absolute atomic E-state index is 0.133. The fraction of sp³-hybridized carbons (Fsp3) is 0.130. The molecule has 0 atom stereocenters. The summed E-state index contributed by atoms with van der Waals surface area (Å²) in [7, 11) is 0. The number of aromatic nitrogens is 1. The molecule has 1 N–H and O–H groups in total. The average Bonchev–Trinajstić information content (AvgIpc) is 3.16. The Kier molecular flexibility index (Phi) is 6.04. The van der Waals surface area contributed by atoms with Crippen LogP contribution in [0.4, 0.5) is 5.69 Å². The third-order valence-electron chi connectivity index (χ3n) is 4.89. The van der Waals surface area contributed by atoms with Crippen LogP contribution in [0.1, 0.15) is 22.5 Å². The molecule has 0 unspecified atom stereocenters. The monoisotopic (exact) mass is 543 g/mol. The van der Waals surface area contributed by atoms with E-state index in [2.05, 4.69) is 72.7 Å². The Balaban J connectivity index is 1.68. The van der Waals surface area contributed by atoms with Gasteiger partial charge in [0.05, 0.1) is 10.6 Å². The van der Waals surface area contributed by atoms with Crippen molar-refractivity contribution in [1.29, 1.82) is 0 Å². The smallest absolute Gasteiger partial charge is 0.264 e. The molecule has 1 aliphatic rings. The maximum Gasteiger partial charge on any atom is 0.264 e. The summed E-state index contributed by atoms with van der Waals surface area (Å²) < 4.78 is 4.20. The topological polar surface area (TPSA) is 46.4 Å². The second kappa shape index (κ2) is 8.57. The maximum atomic E-state index is 12.5. The summed E-state index contributed by atoms with van der Waals surface area (Å²) in [6.07, 6.45) is 1.93. The molecule has 1 aliphatic heterocycles. The number of nitrogens with zero attached hydrogens (tertiary/aromatic N) is 2. The number of benzene rings is 2. The van der Waals surface area contributed by atoms with E-state index in [1.54, 1.807) is 0 Å². The molecule has 7 heteroatoms. The van der Waals surface area contributed by atoms with Gasteiger partial charge in [0, 0.05) is 31.6 Å². The lowest BCUT2D eigenvalue weighted by atomic mass is 10.2. The fourth-order valence-electron chi connectivity index (χ4n) is 3.32. The Hall–Kier alpha value is -2.09. The highest BCUT2D eigenvalue weighted by Gasteiger charge is 2.25. The third-order valence-corrected chi connectivity index (χ3v) is 7.33. The quantitative estimate of drug-likeness (QED) is 0.368. The molecule has 0 saturated carbocycles. The Morgan fingerprint density at radius 2 is 1.63 bits per heavy atom. The van der Waals surface area contributed by atoms with Crippen LogP contribution in [0.5, 0.6) is 0 Å². The van der Waals surface area contributed by atoms with E-state index in [1.807, 2.05) is 49.4 Å². The second-order valence-corrected chi connectivity index (χ2v) is 9.77. The lowest BCUT2D eigenvalue weighted by Crippen LogP contribution is -2.19. The van der Waals surface area contributed by atoms with Gasteiger partial charge in [0.2, 0.25) is 0 Å². The number of thioether (sulfide) groups is 1. The summed E-state index contributed by atoms with van der Waals surface area (Å²) in [6, 6.07) is 16.1. The zero-order chi connectivity index (χ0) is 21.4. The summed E-state index contributed by atoms with van der Waals surface area (Å²) in [5, 5.41) is 3.45. The minimum Gasteiger partial charge on any atom is -0.317 e. The van der Waals surface area contributed by atoms with Crippen molar-refractivity contribution in [2.24, 2.45) is 4.99 Å². The predicted molar refractivity (Wildman–Crippen MR) is 133 cm³/mol. The van der Waals surface area contributed by atoms with Crippen LogP contribution in [0.15, 0.2) is 67.4 Å². The number of carbonyl (C=O) groups excluding carboxylic acids is 1. The first kappa shape index (κ1) is 21.2. The Morgan fingerprint density at radius 3 is 2.30 bits per heavy atom. The standard InChI is InChI=1S/C23H19Br2N3OS/c1-13-4-8-17(9-5-13)26-23-27-22(29)20(30-23)12-19-14(2)28(15(3)21(19)25)18-10-6-16(24)7-11-18/h4-12H,1-3H3,(H,26,27,29)/b20-12-. The van der Waals surface area contributed by atoms with E-state index in [-0.39, 0.29) is 5.91 Å². The van der Waals surface area contributed by atoms with Gasteiger partial charge in [0.15, 0.2) is 5.17 Å². The van der Waals surface area contributed by atoms with Crippen LogP contribution in [0, 0.1) is 20.8 Å². The molecule has 152 valence electrons. The number of amides is 1. The van der Waals surface area contributed by atoms with Gasteiger partial charge < -0.3 is 9.88 Å². The van der Waals surface area contributed by atoms with Gasteiger partial charge in [0.25, 0.3) is 5.91 Å². The van der Waals surface area contributed by atoms with Crippen LogP contribution < -0.4 is 5.32 Å². The average molecular weight is 545 g/mol. The van der Waals surface area contributed by atoms with E-state index in [0.29, 0.717) is 10.1 Å². The molecule has 2 heterocycles. The van der Waals surface area contributed by atoms with Crippen LogP contribution in [0.3, 0.4) is 0 Å². The first-order chi connectivity index (χ1) is 14.3. The van der Waals surface area contributed by atoms with Crippen molar-refractivity contribution in [3.05, 3.63) is 84.9 Å². The normalized spacial score (nSPS) is 16.5. The van der Waals surface area contributed by atoms with E-state index < -0.39 is 0 Å². The van der Waals surface area contributed by atoms with Crippen LogP contribution in [-0.2, 0) is 4.79 Å². The van der Waals surface area contributed by atoms with Gasteiger partial charge in [-0.3, -0.25) is 4.79 Å². The summed E-state index contributed by atoms with van der Waals surface area (Å²) in [5.41, 5.74) is 6.20. The molecule has 0 spiro atoms. The molecule has 4 nitrogen and oxygen atoms in total. The predicted octanol–water partition coefficient (Wildman–Crippen LogP) is 6.82. The number of hydrogen-bond donors (Lipinski definition) is 1. The van der Waals surface area contributed by atoms with E-state index >= 15 is 0 Å². The molecule has 1 saturated heterocycles. The Bertz CT molecular complexity index is 1190. The molecule has 0 bridgehead atoms. The van der Waals surface area contributed by atoms with Gasteiger partial charge in [0.1, 0.15) is 0 Å². The number of nitrogens with one attached hydrogen (secondary N) is 1. The molecule has 0 radical (unpaired) electrons. The first-order valence-electron chi connectivity index (χ1n) is 9.33. The van der Waals surface area contributed by atoms with Gasteiger partial charge >= 0.3 is 0 Å².